The molecule has 0 saturated carbocycles. The lowest BCUT2D eigenvalue weighted by Gasteiger charge is -1.76. The summed E-state index contributed by atoms with van der Waals surface area (Å²) >= 11 is 6.48. The minimum atomic E-state index is 0.759. The van der Waals surface area contributed by atoms with Gasteiger partial charge in [-0.2, -0.15) is 0 Å². The van der Waals surface area contributed by atoms with Gasteiger partial charge in [0.05, 0.1) is 4.47 Å². The Morgan fingerprint density at radius 1 is 1.50 bits per heavy atom. The van der Waals surface area contributed by atoms with E-state index in [4.69, 9.17) is 4.42 Å². The van der Waals surface area contributed by atoms with Gasteiger partial charge in [-0.3, -0.25) is 0 Å². The Labute approximate surface area is 64.3 Å². The first-order chi connectivity index (χ1) is 3.70. The summed E-state index contributed by atoms with van der Waals surface area (Å²) < 4.78 is 6.81. The number of furan rings is 1. The maximum absolute atomic E-state index is 5.08. The van der Waals surface area contributed by atoms with Crippen molar-refractivity contribution in [3.63, 3.8) is 0 Å². The zero-order valence-corrected chi connectivity index (χ0v) is 7.41. The van der Waals surface area contributed by atoms with Gasteiger partial charge < -0.3 is 4.42 Å². The highest BCUT2D eigenvalue weighted by Gasteiger charge is 1.99. The molecule has 1 aromatic rings. The quantitative estimate of drug-likeness (QED) is 0.678. The molecule has 0 bridgehead atoms. The van der Waals surface area contributed by atoms with Gasteiger partial charge in [-0.05, 0) is 44.8 Å². The molecule has 0 atom stereocenters. The smallest absolute Gasteiger partial charge is 0.183 e. The van der Waals surface area contributed by atoms with Gasteiger partial charge in [-0.1, -0.05) is 0 Å². The highest BCUT2D eigenvalue weighted by Crippen LogP contribution is 2.25. The third-order valence-electron chi connectivity index (χ3n) is 0.768. The van der Waals surface area contributed by atoms with Crippen LogP contribution in [0.2, 0.25) is 0 Å². The Morgan fingerprint density at radius 3 is 2.25 bits per heavy atom. The molecule has 0 aromatic carbocycles. The second-order valence-corrected chi connectivity index (χ2v) is 3.05. The van der Waals surface area contributed by atoms with Crippen LogP contribution in [0.25, 0.3) is 0 Å². The van der Waals surface area contributed by atoms with Crippen LogP contribution in [0.4, 0.5) is 0 Å². The van der Waals surface area contributed by atoms with Gasteiger partial charge in [0.25, 0.3) is 0 Å². The topological polar surface area (TPSA) is 13.1 Å². The van der Waals surface area contributed by atoms with E-state index in [0.29, 0.717) is 0 Å². The number of halogens is 2. The van der Waals surface area contributed by atoms with Gasteiger partial charge in [0.15, 0.2) is 4.67 Å². The molecule has 1 rings (SSSR count). The van der Waals surface area contributed by atoms with Gasteiger partial charge >= 0.3 is 0 Å². The second-order valence-electron chi connectivity index (χ2n) is 1.48. The van der Waals surface area contributed by atoms with Gasteiger partial charge in [0.2, 0.25) is 0 Å². The van der Waals surface area contributed by atoms with E-state index >= 15 is 0 Å². The molecule has 3 heteroatoms. The third-order valence-corrected chi connectivity index (χ3v) is 2.48. The lowest BCUT2D eigenvalue weighted by Crippen LogP contribution is -1.50. The van der Waals surface area contributed by atoms with Crippen molar-refractivity contribution in [3.05, 3.63) is 21.0 Å². The monoisotopic (exact) mass is 238 g/mol. The zero-order chi connectivity index (χ0) is 6.15. The van der Waals surface area contributed by atoms with Crippen LogP contribution in [-0.4, -0.2) is 0 Å². The van der Waals surface area contributed by atoms with Crippen molar-refractivity contribution < 1.29 is 4.42 Å². The highest BCUT2D eigenvalue weighted by atomic mass is 79.9. The lowest BCUT2D eigenvalue weighted by molar-refractivity contribution is 0.509. The summed E-state index contributed by atoms with van der Waals surface area (Å²) in [5.41, 5.74) is 0. The minimum absolute atomic E-state index is 0.759. The molecule has 0 amide bonds. The molecule has 44 valence electrons. The lowest BCUT2D eigenvalue weighted by atomic mass is 10.5. The Bertz CT molecular complexity index is 173. The first-order valence-corrected chi connectivity index (χ1v) is 3.70. The summed E-state index contributed by atoms with van der Waals surface area (Å²) in [4.78, 5) is 0. The predicted molar refractivity (Wildman–Crippen MR) is 38.8 cm³/mol. The third kappa shape index (κ3) is 1.14. The molecule has 1 nitrogen and oxygen atoms in total. The van der Waals surface area contributed by atoms with Crippen molar-refractivity contribution in [2.24, 2.45) is 0 Å². The number of rotatable bonds is 0. The molecule has 0 fully saturated rings. The number of hydrogen-bond acceptors (Lipinski definition) is 1. The van der Waals surface area contributed by atoms with E-state index in [0.717, 1.165) is 14.9 Å². The van der Waals surface area contributed by atoms with Crippen LogP contribution in [-0.2, 0) is 0 Å². The molecule has 0 N–H and O–H groups in total. The predicted octanol–water partition coefficient (Wildman–Crippen LogP) is 3.11. The summed E-state index contributed by atoms with van der Waals surface area (Å²) in [5.74, 6) is 0.906. The number of hydrogen-bond donors (Lipinski definition) is 0. The van der Waals surface area contributed by atoms with Crippen LogP contribution in [0.3, 0.4) is 0 Å². The molecule has 1 heterocycles. The summed E-state index contributed by atoms with van der Waals surface area (Å²) in [7, 11) is 0. The largest absolute Gasteiger partial charge is 0.453 e. The fourth-order valence-corrected chi connectivity index (χ4v) is 1.23. The van der Waals surface area contributed by atoms with E-state index in [9.17, 15) is 0 Å². The van der Waals surface area contributed by atoms with Crippen molar-refractivity contribution in [1.29, 1.82) is 0 Å². The molecule has 0 spiro atoms. The second kappa shape index (κ2) is 2.23. The van der Waals surface area contributed by atoms with Gasteiger partial charge in [0, 0.05) is 0 Å². The molecule has 8 heavy (non-hydrogen) atoms. The molecule has 0 unspecified atom stereocenters. The van der Waals surface area contributed by atoms with Crippen LogP contribution in [0, 0.1) is 6.92 Å². The first kappa shape index (κ1) is 6.36. The van der Waals surface area contributed by atoms with E-state index in [1.165, 1.54) is 0 Å². The van der Waals surface area contributed by atoms with Crippen LogP contribution >= 0.6 is 31.9 Å². The van der Waals surface area contributed by atoms with Crippen molar-refractivity contribution in [1.82, 2.24) is 0 Å². The molecule has 0 aliphatic rings. The Kier molecular flexibility index (Phi) is 1.77. The van der Waals surface area contributed by atoms with E-state index in [1.807, 2.05) is 13.0 Å². The van der Waals surface area contributed by atoms with Crippen molar-refractivity contribution >= 4 is 31.9 Å². The van der Waals surface area contributed by atoms with E-state index in [1.54, 1.807) is 0 Å². The number of aryl methyl sites for hydroxylation is 1. The molecule has 1 aromatic heterocycles. The summed E-state index contributed by atoms with van der Waals surface area (Å²) in [5, 5.41) is 0. The summed E-state index contributed by atoms with van der Waals surface area (Å²) in [6, 6.07) is 1.91. The van der Waals surface area contributed by atoms with Crippen LogP contribution in [0.5, 0.6) is 0 Å². The van der Waals surface area contributed by atoms with E-state index < -0.39 is 0 Å². The van der Waals surface area contributed by atoms with Crippen molar-refractivity contribution in [3.8, 4) is 0 Å². The summed E-state index contributed by atoms with van der Waals surface area (Å²) in [6.45, 7) is 1.90. The van der Waals surface area contributed by atoms with Gasteiger partial charge in [-0.25, -0.2) is 0 Å². The Balaban J connectivity index is 3.14. The fourth-order valence-electron chi connectivity index (χ4n) is 0.455. The average molecular weight is 240 g/mol. The maximum Gasteiger partial charge on any atom is 0.183 e. The highest BCUT2D eigenvalue weighted by molar-refractivity contribution is 9.13. The maximum atomic E-state index is 5.08. The average Bonchev–Trinajstić information content (AvgIpc) is 1.85. The van der Waals surface area contributed by atoms with Gasteiger partial charge in [0.1, 0.15) is 5.76 Å². The van der Waals surface area contributed by atoms with E-state index in [2.05, 4.69) is 31.9 Å². The SMILES string of the molecule is Cc1cc(Br)c(Br)o1. The van der Waals surface area contributed by atoms with Crippen LogP contribution in [0.15, 0.2) is 19.6 Å². The van der Waals surface area contributed by atoms with Crippen molar-refractivity contribution in [2.75, 3.05) is 0 Å². The fraction of sp³-hybridized carbons (Fsp3) is 0.200. The zero-order valence-electron chi connectivity index (χ0n) is 4.24. The molecule has 0 aliphatic carbocycles. The first-order valence-electron chi connectivity index (χ1n) is 2.11. The molecule has 0 aliphatic heterocycles. The standard InChI is InChI=1S/C5H4Br2O/c1-3-2-4(6)5(7)8-3/h2H,1H3. The molecule has 0 radical (unpaired) electrons. The normalized spacial score (nSPS) is 9.88. The van der Waals surface area contributed by atoms with Crippen LogP contribution < -0.4 is 0 Å². The molecule has 0 saturated heterocycles. The van der Waals surface area contributed by atoms with Gasteiger partial charge in [-0.15, -0.1) is 0 Å². The molecular weight excluding hydrogens is 236 g/mol. The van der Waals surface area contributed by atoms with Crippen LogP contribution in [0.1, 0.15) is 5.76 Å². The van der Waals surface area contributed by atoms with Crippen molar-refractivity contribution in [2.45, 2.75) is 6.92 Å². The molecular formula is C5H4Br2O. The Morgan fingerprint density at radius 2 is 2.12 bits per heavy atom. The summed E-state index contributed by atoms with van der Waals surface area (Å²) in [6.07, 6.45) is 0. The van der Waals surface area contributed by atoms with E-state index in [-0.39, 0.29) is 0 Å². The minimum Gasteiger partial charge on any atom is -0.453 e. The Hall–Kier alpha value is 0.240.